The van der Waals surface area contributed by atoms with E-state index in [9.17, 15) is 0 Å². The van der Waals surface area contributed by atoms with E-state index in [0.29, 0.717) is 5.82 Å². The third-order valence-electron chi connectivity index (χ3n) is 6.04. The van der Waals surface area contributed by atoms with Gasteiger partial charge in [0, 0.05) is 18.2 Å². The fourth-order valence-corrected chi connectivity index (χ4v) is 4.25. The molecule has 7 nitrogen and oxygen atoms in total. The Morgan fingerprint density at radius 3 is 2.52 bits per heavy atom. The highest BCUT2D eigenvalue weighted by Gasteiger charge is 2.15. The number of pyridine rings is 1. The maximum atomic E-state index is 4.96. The first-order valence-corrected chi connectivity index (χ1v) is 11.5. The molecule has 166 valence electrons. The molecule has 0 amide bonds. The van der Waals surface area contributed by atoms with Gasteiger partial charge in [-0.05, 0) is 46.9 Å². The van der Waals surface area contributed by atoms with Crippen molar-refractivity contribution in [2.45, 2.75) is 46.1 Å². The Balaban J connectivity index is 1.46. The molecule has 7 heteroatoms. The predicted octanol–water partition coefficient (Wildman–Crippen LogP) is 5.37. The number of hydrogen-bond donors (Lipinski definition) is 1. The maximum Gasteiger partial charge on any atom is 0.205 e. The van der Waals surface area contributed by atoms with Crippen molar-refractivity contribution in [3.05, 3.63) is 77.7 Å². The molecule has 0 fully saturated rings. The molecule has 0 aliphatic rings. The van der Waals surface area contributed by atoms with Gasteiger partial charge in [0.05, 0.1) is 6.54 Å². The smallest absolute Gasteiger partial charge is 0.205 e. The van der Waals surface area contributed by atoms with E-state index in [-0.39, 0.29) is 0 Å². The minimum atomic E-state index is 0.595. The SMILES string of the molecule is CCCCCc1nc2c(C)ccnc2n1Cc1ccc(-c2ccccc2-c2nn[nH]n2)cc1. The Kier molecular flexibility index (Phi) is 5.93. The van der Waals surface area contributed by atoms with Gasteiger partial charge in [0.25, 0.3) is 0 Å². The highest BCUT2D eigenvalue weighted by atomic mass is 15.5. The Labute approximate surface area is 192 Å². The van der Waals surface area contributed by atoms with Crippen molar-refractivity contribution >= 4 is 11.2 Å². The number of hydrogen-bond acceptors (Lipinski definition) is 5. The molecule has 3 aromatic heterocycles. The van der Waals surface area contributed by atoms with E-state index >= 15 is 0 Å². The summed E-state index contributed by atoms with van der Waals surface area (Å²) in [7, 11) is 0. The van der Waals surface area contributed by atoms with E-state index in [1.807, 2.05) is 30.5 Å². The Morgan fingerprint density at radius 2 is 1.76 bits per heavy atom. The number of tetrazole rings is 1. The molecule has 1 N–H and O–H groups in total. The lowest BCUT2D eigenvalue weighted by Gasteiger charge is -2.11. The second-order valence-electron chi connectivity index (χ2n) is 8.35. The molecule has 0 bridgehead atoms. The van der Waals surface area contributed by atoms with Gasteiger partial charge in [-0.25, -0.2) is 9.97 Å². The van der Waals surface area contributed by atoms with Crippen LogP contribution in [-0.2, 0) is 13.0 Å². The zero-order valence-electron chi connectivity index (χ0n) is 19.0. The highest BCUT2D eigenvalue weighted by Crippen LogP contribution is 2.30. The van der Waals surface area contributed by atoms with Gasteiger partial charge >= 0.3 is 0 Å². The molecular weight excluding hydrogens is 410 g/mol. The van der Waals surface area contributed by atoms with Crippen LogP contribution in [0.2, 0.25) is 0 Å². The minimum absolute atomic E-state index is 0.595. The van der Waals surface area contributed by atoms with Crippen LogP contribution in [0.1, 0.15) is 43.1 Å². The second-order valence-corrected chi connectivity index (χ2v) is 8.35. The summed E-state index contributed by atoms with van der Waals surface area (Å²) in [6, 6.07) is 18.8. The number of fused-ring (bicyclic) bond motifs is 1. The molecule has 33 heavy (non-hydrogen) atoms. The molecule has 0 atom stereocenters. The first kappa shape index (κ1) is 21.0. The molecule has 5 rings (SSSR count). The number of rotatable bonds is 8. The fraction of sp³-hybridized carbons (Fsp3) is 0.269. The Morgan fingerprint density at radius 1 is 0.939 bits per heavy atom. The Bertz CT molecular complexity index is 1350. The number of unbranched alkanes of at least 4 members (excludes halogenated alkanes) is 2. The summed E-state index contributed by atoms with van der Waals surface area (Å²) >= 11 is 0. The molecule has 0 saturated carbocycles. The monoisotopic (exact) mass is 437 g/mol. The molecule has 3 heterocycles. The van der Waals surface area contributed by atoms with E-state index < -0.39 is 0 Å². The van der Waals surface area contributed by atoms with Crippen molar-refractivity contribution in [3.63, 3.8) is 0 Å². The fourth-order valence-electron chi connectivity index (χ4n) is 4.25. The van der Waals surface area contributed by atoms with E-state index in [1.54, 1.807) is 0 Å². The highest BCUT2D eigenvalue weighted by molar-refractivity contribution is 5.80. The summed E-state index contributed by atoms with van der Waals surface area (Å²) in [5, 5.41) is 14.5. The predicted molar refractivity (Wildman–Crippen MR) is 130 cm³/mol. The lowest BCUT2D eigenvalue weighted by atomic mass is 9.98. The third kappa shape index (κ3) is 4.26. The van der Waals surface area contributed by atoms with Gasteiger partial charge in [-0.15, -0.1) is 10.2 Å². The van der Waals surface area contributed by atoms with Crippen molar-refractivity contribution in [2.24, 2.45) is 0 Å². The molecule has 0 saturated heterocycles. The van der Waals surface area contributed by atoms with Crippen LogP contribution < -0.4 is 0 Å². The summed E-state index contributed by atoms with van der Waals surface area (Å²) in [6.45, 7) is 5.08. The molecule has 0 radical (unpaired) electrons. The van der Waals surface area contributed by atoms with Crippen LogP contribution in [0, 0.1) is 6.92 Å². The van der Waals surface area contributed by atoms with Crippen LogP contribution in [0.3, 0.4) is 0 Å². The van der Waals surface area contributed by atoms with Crippen LogP contribution >= 0.6 is 0 Å². The molecule has 0 spiro atoms. The van der Waals surface area contributed by atoms with Crippen LogP contribution in [0.5, 0.6) is 0 Å². The van der Waals surface area contributed by atoms with E-state index in [1.165, 1.54) is 24.0 Å². The van der Waals surface area contributed by atoms with Crippen LogP contribution in [-0.4, -0.2) is 35.2 Å². The zero-order valence-corrected chi connectivity index (χ0v) is 19.0. The zero-order chi connectivity index (χ0) is 22.6. The average molecular weight is 438 g/mol. The standard InChI is InChI=1S/C26H27N7/c1-3-4-5-10-23-28-24-18(2)15-16-27-26(24)33(23)17-19-11-13-20(14-12-19)21-8-6-7-9-22(21)25-29-31-32-30-25/h6-9,11-16H,3-5,10,17H2,1-2H3,(H,29,30,31,32). The first-order valence-electron chi connectivity index (χ1n) is 11.5. The number of H-pyrrole nitrogens is 1. The first-order chi connectivity index (χ1) is 16.2. The van der Waals surface area contributed by atoms with Crippen molar-refractivity contribution in [3.8, 4) is 22.5 Å². The lowest BCUT2D eigenvalue weighted by Crippen LogP contribution is -2.06. The molecule has 5 aromatic rings. The van der Waals surface area contributed by atoms with Gasteiger partial charge in [0.15, 0.2) is 5.65 Å². The number of imidazole rings is 1. The van der Waals surface area contributed by atoms with Crippen LogP contribution in [0.4, 0.5) is 0 Å². The molecule has 2 aromatic carbocycles. The summed E-state index contributed by atoms with van der Waals surface area (Å²) in [5.41, 5.74) is 7.52. The van der Waals surface area contributed by atoms with Crippen molar-refractivity contribution in [2.75, 3.05) is 0 Å². The topological polar surface area (TPSA) is 85.2 Å². The van der Waals surface area contributed by atoms with Gasteiger partial charge in [-0.3, -0.25) is 0 Å². The third-order valence-corrected chi connectivity index (χ3v) is 6.04. The van der Waals surface area contributed by atoms with Gasteiger partial charge < -0.3 is 4.57 Å². The normalized spacial score (nSPS) is 11.3. The summed E-state index contributed by atoms with van der Waals surface area (Å²) in [4.78, 5) is 9.63. The number of aromatic amines is 1. The minimum Gasteiger partial charge on any atom is -0.308 e. The summed E-state index contributed by atoms with van der Waals surface area (Å²) in [6.07, 6.45) is 6.41. The van der Waals surface area contributed by atoms with E-state index in [0.717, 1.165) is 53.1 Å². The van der Waals surface area contributed by atoms with Crippen molar-refractivity contribution in [1.29, 1.82) is 0 Å². The number of aromatic nitrogens is 7. The average Bonchev–Trinajstić information content (AvgIpc) is 3.50. The van der Waals surface area contributed by atoms with Gasteiger partial charge in [0.1, 0.15) is 11.3 Å². The van der Waals surface area contributed by atoms with Gasteiger partial charge in [-0.1, -0.05) is 68.3 Å². The molecular formula is C26H27N7. The van der Waals surface area contributed by atoms with Crippen molar-refractivity contribution in [1.82, 2.24) is 35.2 Å². The Hall–Kier alpha value is -3.87. The molecule has 0 aliphatic carbocycles. The quantitative estimate of drug-likeness (QED) is 0.330. The van der Waals surface area contributed by atoms with Crippen molar-refractivity contribution < 1.29 is 0 Å². The van der Waals surface area contributed by atoms with E-state index in [4.69, 9.17) is 4.98 Å². The summed E-state index contributed by atoms with van der Waals surface area (Å²) in [5.74, 6) is 1.71. The van der Waals surface area contributed by atoms with Gasteiger partial charge in [-0.2, -0.15) is 5.21 Å². The van der Waals surface area contributed by atoms with Crippen LogP contribution in [0.15, 0.2) is 60.8 Å². The number of nitrogens with one attached hydrogen (secondary N) is 1. The second kappa shape index (κ2) is 9.32. The lowest BCUT2D eigenvalue weighted by molar-refractivity contribution is 0.657. The number of aryl methyl sites for hydroxylation is 2. The number of nitrogens with zero attached hydrogens (tertiary/aromatic N) is 6. The molecule has 0 aliphatic heterocycles. The van der Waals surface area contributed by atoms with Gasteiger partial charge in [0.2, 0.25) is 5.82 Å². The summed E-state index contributed by atoms with van der Waals surface area (Å²) < 4.78 is 2.28. The largest absolute Gasteiger partial charge is 0.308 e. The number of benzene rings is 2. The maximum absolute atomic E-state index is 4.96. The van der Waals surface area contributed by atoms with Crippen LogP contribution in [0.25, 0.3) is 33.7 Å². The van der Waals surface area contributed by atoms with E-state index in [2.05, 4.69) is 74.4 Å². The molecule has 0 unspecified atom stereocenters.